The number of nitrogens with zero attached hydrogens (tertiary/aromatic N) is 3. The summed E-state index contributed by atoms with van der Waals surface area (Å²) in [4.78, 5) is 28.7. The monoisotopic (exact) mass is 495 g/mol. The lowest BCUT2D eigenvalue weighted by Crippen LogP contribution is -2.19. The average Bonchev–Trinajstić information content (AvgIpc) is 3.30. The summed E-state index contributed by atoms with van der Waals surface area (Å²) in [5.41, 5.74) is 2.30. The molecule has 0 saturated heterocycles. The molecule has 0 spiro atoms. The number of carbonyl (C=O) groups is 2. The van der Waals surface area contributed by atoms with E-state index in [1.165, 1.54) is 12.1 Å². The van der Waals surface area contributed by atoms with Crippen LogP contribution in [0.1, 0.15) is 12.5 Å². The van der Waals surface area contributed by atoms with Crippen LogP contribution in [0, 0.1) is 0 Å². The zero-order valence-electron chi connectivity index (χ0n) is 18.9. The van der Waals surface area contributed by atoms with Crippen molar-refractivity contribution in [2.75, 3.05) is 17.2 Å². The van der Waals surface area contributed by atoms with Crippen LogP contribution >= 0.6 is 0 Å². The highest BCUT2D eigenvalue weighted by Gasteiger charge is 2.30. The van der Waals surface area contributed by atoms with Gasteiger partial charge in [0, 0.05) is 41.1 Å². The molecule has 11 heteroatoms. The second kappa shape index (κ2) is 10.3. The van der Waals surface area contributed by atoms with Gasteiger partial charge in [0.05, 0.1) is 12.2 Å². The minimum atomic E-state index is -4.46. The van der Waals surface area contributed by atoms with Crippen LogP contribution in [0.3, 0.4) is 0 Å². The first-order chi connectivity index (χ1) is 17.2. The zero-order chi connectivity index (χ0) is 25.7. The third kappa shape index (κ3) is 5.69. The van der Waals surface area contributed by atoms with E-state index < -0.39 is 23.9 Å². The van der Waals surface area contributed by atoms with E-state index in [1.807, 2.05) is 0 Å². The molecule has 36 heavy (non-hydrogen) atoms. The second-order valence-corrected chi connectivity index (χ2v) is 7.51. The highest BCUT2D eigenvalue weighted by Crippen LogP contribution is 2.32. The lowest BCUT2D eigenvalue weighted by molar-refractivity contribution is -0.137. The molecular formula is C25H20F3N5O3. The van der Waals surface area contributed by atoms with E-state index >= 15 is 0 Å². The van der Waals surface area contributed by atoms with Crippen LogP contribution in [0.5, 0.6) is 0 Å². The number of pyridine rings is 1. The van der Waals surface area contributed by atoms with E-state index in [1.54, 1.807) is 61.9 Å². The number of halogens is 3. The Morgan fingerprint density at radius 2 is 1.64 bits per heavy atom. The third-order valence-electron chi connectivity index (χ3n) is 5.02. The third-order valence-corrected chi connectivity index (χ3v) is 5.02. The Kier molecular flexibility index (Phi) is 7.00. The van der Waals surface area contributed by atoms with Crippen LogP contribution in [0.25, 0.3) is 22.4 Å². The second-order valence-electron chi connectivity index (χ2n) is 7.51. The molecule has 0 unspecified atom stereocenters. The van der Waals surface area contributed by atoms with Crippen LogP contribution in [0.2, 0.25) is 0 Å². The van der Waals surface area contributed by atoms with Crippen molar-refractivity contribution in [3.63, 3.8) is 0 Å². The number of nitrogens with one attached hydrogen (secondary N) is 2. The molecule has 0 aliphatic carbocycles. The van der Waals surface area contributed by atoms with Gasteiger partial charge in [-0.15, -0.1) is 0 Å². The molecule has 4 rings (SSSR count). The molecule has 2 amide bonds. The largest absolute Gasteiger partial charge is 0.448 e. The predicted octanol–water partition coefficient (Wildman–Crippen LogP) is 6.28. The molecular weight excluding hydrogens is 475 g/mol. The Morgan fingerprint density at radius 1 is 0.944 bits per heavy atom. The van der Waals surface area contributed by atoms with Crippen LogP contribution in [-0.4, -0.2) is 33.5 Å². The van der Waals surface area contributed by atoms with Crippen molar-refractivity contribution in [1.82, 2.24) is 14.8 Å². The lowest BCUT2D eigenvalue weighted by atomic mass is 10.0. The number of rotatable bonds is 5. The van der Waals surface area contributed by atoms with Crippen LogP contribution in [0.4, 0.5) is 34.1 Å². The summed E-state index contributed by atoms with van der Waals surface area (Å²) in [5.74, 6) is 0. The molecule has 2 aromatic carbocycles. The molecule has 2 heterocycles. The first-order valence-corrected chi connectivity index (χ1v) is 10.8. The maximum Gasteiger partial charge on any atom is 0.434 e. The number of carbonyl (C=O) groups excluding carboxylic acids is 2. The quantitative estimate of drug-likeness (QED) is 0.340. The van der Waals surface area contributed by atoms with E-state index in [9.17, 15) is 22.8 Å². The van der Waals surface area contributed by atoms with E-state index in [-0.39, 0.29) is 12.3 Å². The molecule has 2 N–H and O–H groups in total. The van der Waals surface area contributed by atoms with E-state index in [2.05, 4.69) is 20.7 Å². The Labute approximate surface area is 203 Å². The normalized spacial score (nSPS) is 11.1. The van der Waals surface area contributed by atoms with Crippen molar-refractivity contribution in [3.05, 3.63) is 84.8 Å². The maximum atomic E-state index is 12.7. The number of benzene rings is 2. The van der Waals surface area contributed by atoms with Crippen molar-refractivity contribution in [2.45, 2.75) is 13.1 Å². The number of urea groups is 1. The van der Waals surface area contributed by atoms with Gasteiger partial charge in [0.2, 0.25) is 0 Å². The number of hydrogen-bond donors (Lipinski definition) is 2. The molecule has 0 saturated carbocycles. The maximum absolute atomic E-state index is 12.7. The Morgan fingerprint density at radius 3 is 2.31 bits per heavy atom. The van der Waals surface area contributed by atoms with Gasteiger partial charge in [0.25, 0.3) is 0 Å². The number of amides is 2. The van der Waals surface area contributed by atoms with Crippen LogP contribution in [0.15, 0.2) is 79.3 Å². The Balaban J connectivity index is 1.57. The molecule has 0 fully saturated rings. The van der Waals surface area contributed by atoms with Crippen molar-refractivity contribution in [1.29, 1.82) is 0 Å². The Bertz CT molecular complexity index is 1370. The fraction of sp³-hybridized carbons (Fsp3) is 0.120. The highest BCUT2D eigenvalue weighted by atomic mass is 19.4. The fourth-order valence-corrected chi connectivity index (χ4v) is 3.39. The van der Waals surface area contributed by atoms with Gasteiger partial charge in [-0.3, -0.25) is 4.98 Å². The Hall–Kier alpha value is -4.67. The topological polar surface area (TPSA) is 98.1 Å². The van der Waals surface area contributed by atoms with Gasteiger partial charge in [-0.1, -0.05) is 12.1 Å². The number of aromatic nitrogens is 3. The summed E-state index contributed by atoms with van der Waals surface area (Å²) < 4.78 is 44.4. The van der Waals surface area contributed by atoms with Crippen LogP contribution in [-0.2, 0) is 10.9 Å². The molecule has 0 radical (unpaired) electrons. The number of hydrogen-bond acceptors (Lipinski definition) is 5. The molecule has 0 aliphatic heterocycles. The summed E-state index contributed by atoms with van der Waals surface area (Å²) in [6.07, 6.45) is -0.310. The van der Waals surface area contributed by atoms with Gasteiger partial charge in [0.1, 0.15) is 5.69 Å². The van der Waals surface area contributed by atoms with Crippen molar-refractivity contribution in [3.8, 4) is 22.4 Å². The minimum Gasteiger partial charge on any atom is -0.448 e. The number of ether oxygens (including phenoxy) is 1. The molecule has 0 aliphatic rings. The molecule has 8 nitrogen and oxygen atoms in total. The zero-order valence-corrected chi connectivity index (χ0v) is 18.9. The van der Waals surface area contributed by atoms with Crippen molar-refractivity contribution in [2.24, 2.45) is 0 Å². The minimum absolute atomic E-state index is 0.187. The standard InChI is InChI=1S/C25H20F3N5O3/c1-2-36-24(35)33-15-21(16-10-12-29-13-11-16)22(32-33)17-4-3-5-20(14-17)31-23(34)30-19-8-6-18(7-9-19)25(26,27)28/h3-15H,2H2,1H3,(H2,30,31,34). The molecule has 184 valence electrons. The first kappa shape index (κ1) is 24.5. The highest BCUT2D eigenvalue weighted by molar-refractivity contribution is 6.00. The lowest BCUT2D eigenvalue weighted by Gasteiger charge is -2.11. The van der Waals surface area contributed by atoms with Crippen molar-refractivity contribution >= 4 is 23.5 Å². The fourth-order valence-electron chi connectivity index (χ4n) is 3.39. The van der Waals surface area contributed by atoms with Gasteiger partial charge < -0.3 is 15.4 Å². The summed E-state index contributed by atoms with van der Waals surface area (Å²) >= 11 is 0. The number of alkyl halides is 3. The first-order valence-electron chi connectivity index (χ1n) is 10.8. The summed E-state index contributed by atoms with van der Waals surface area (Å²) in [5, 5.41) is 9.53. The smallest absolute Gasteiger partial charge is 0.434 e. The molecule has 2 aromatic heterocycles. The van der Waals surface area contributed by atoms with Crippen molar-refractivity contribution < 1.29 is 27.5 Å². The van der Waals surface area contributed by atoms with Gasteiger partial charge in [-0.2, -0.15) is 23.0 Å². The molecule has 0 bridgehead atoms. The predicted molar refractivity (Wildman–Crippen MR) is 127 cm³/mol. The van der Waals surface area contributed by atoms with E-state index in [0.717, 1.165) is 22.4 Å². The van der Waals surface area contributed by atoms with Crippen LogP contribution < -0.4 is 10.6 Å². The molecule has 4 aromatic rings. The van der Waals surface area contributed by atoms with E-state index in [0.29, 0.717) is 22.5 Å². The average molecular weight is 495 g/mol. The van der Waals surface area contributed by atoms with Gasteiger partial charge in [0.15, 0.2) is 0 Å². The molecule has 0 atom stereocenters. The SMILES string of the molecule is CCOC(=O)n1cc(-c2ccncc2)c(-c2cccc(NC(=O)Nc3ccc(C(F)(F)F)cc3)c2)n1. The van der Waals surface area contributed by atoms with Gasteiger partial charge >= 0.3 is 18.3 Å². The van der Waals surface area contributed by atoms with Gasteiger partial charge in [-0.25, -0.2) is 9.59 Å². The van der Waals surface area contributed by atoms with Gasteiger partial charge in [-0.05, 0) is 61.0 Å². The summed E-state index contributed by atoms with van der Waals surface area (Å²) in [6.45, 7) is 1.88. The summed E-state index contributed by atoms with van der Waals surface area (Å²) in [6, 6.07) is 13.8. The van der Waals surface area contributed by atoms with E-state index in [4.69, 9.17) is 4.74 Å². The number of anilines is 2. The summed E-state index contributed by atoms with van der Waals surface area (Å²) in [7, 11) is 0.